The number of hydrogen-bond acceptors (Lipinski definition) is 1. The first-order chi connectivity index (χ1) is 11.4. The van der Waals surface area contributed by atoms with E-state index in [0.29, 0.717) is 15.8 Å². The zero-order valence-electron chi connectivity index (χ0n) is 14.1. The molecule has 0 aromatic heterocycles. The summed E-state index contributed by atoms with van der Waals surface area (Å²) in [4.78, 5) is 0. The van der Waals surface area contributed by atoms with Gasteiger partial charge in [0.15, 0.2) is 0 Å². The maximum atomic E-state index is 6.42. The van der Waals surface area contributed by atoms with E-state index in [-0.39, 0.29) is 0 Å². The number of benzene rings is 2. The fraction of sp³-hybridized carbons (Fsp3) is 0.200. The number of methoxy groups -OCH3 is 1. The summed E-state index contributed by atoms with van der Waals surface area (Å²) in [5.74, 6) is 0.700. The van der Waals surface area contributed by atoms with Gasteiger partial charge in [0, 0.05) is 11.1 Å². The molecule has 0 fully saturated rings. The molecule has 0 amide bonds. The summed E-state index contributed by atoms with van der Waals surface area (Å²) in [5, 5.41) is 2.43. The minimum absolute atomic E-state index is 0.585. The third-order valence-corrected chi connectivity index (χ3v) is 5.25. The summed E-state index contributed by atoms with van der Waals surface area (Å²) in [6.45, 7) is 3.99. The normalized spacial score (nSPS) is 12.0. The van der Waals surface area contributed by atoms with Crippen molar-refractivity contribution in [3.63, 3.8) is 0 Å². The number of allylic oxidation sites excluding steroid dienone is 3. The zero-order valence-corrected chi connectivity index (χ0v) is 16.7. The van der Waals surface area contributed by atoms with Crippen molar-refractivity contribution in [1.82, 2.24) is 0 Å². The quantitative estimate of drug-likeness (QED) is 0.456. The van der Waals surface area contributed by atoms with Crippen LogP contribution in [0.5, 0.6) is 5.75 Å². The van der Waals surface area contributed by atoms with Crippen LogP contribution in [0.25, 0.3) is 6.08 Å². The summed E-state index contributed by atoms with van der Waals surface area (Å²) < 4.78 is 5.28. The Balaban J connectivity index is 2.20. The molecule has 2 aromatic rings. The fourth-order valence-corrected chi connectivity index (χ4v) is 3.24. The molecule has 0 aliphatic heterocycles. The molecule has 0 heterocycles. The van der Waals surface area contributed by atoms with Crippen molar-refractivity contribution in [1.29, 1.82) is 0 Å². The summed E-state index contributed by atoms with van der Waals surface area (Å²) in [6, 6.07) is 10.1. The Morgan fingerprint density at radius 3 is 2.62 bits per heavy atom. The maximum Gasteiger partial charge on any atom is 0.124 e. The lowest BCUT2D eigenvalue weighted by molar-refractivity contribution is 0.412. The lowest BCUT2D eigenvalue weighted by Crippen LogP contribution is -1.99. The van der Waals surface area contributed by atoms with E-state index in [2.05, 4.69) is 40.4 Å². The second kappa shape index (κ2) is 8.72. The average molecular weight is 379 g/mol. The average Bonchev–Trinajstić information content (AvgIpc) is 2.57. The first-order valence-electron chi connectivity index (χ1n) is 7.64. The van der Waals surface area contributed by atoms with Gasteiger partial charge in [0.25, 0.3) is 0 Å². The monoisotopic (exact) mass is 378 g/mol. The van der Waals surface area contributed by atoms with Gasteiger partial charge in [0.1, 0.15) is 5.75 Å². The second-order valence-corrected chi connectivity index (χ2v) is 7.00. The van der Waals surface area contributed by atoms with Crippen molar-refractivity contribution < 1.29 is 4.74 Å². The lowest BCUT2D eigenvalue weighted by atomic mass is 10.1. The van der Waals surface area contributed by atoms with Crippen LogP contribution in [-0.2, 0) is 6.42 Å². The van der Waals surface area contributed by atoms with Gasteiger partial charge in [0.05, 0.1) is 17.2 Å². The molecule has 0 aliphatic rings. The van der Waals surface area contributed by atoms with Crippen LogP contribution in [-0.4, -0.2) is 7.11 Å². The van der Waals surface area contributed by atoms with Crippen LogP contribution in [0.2, 0.25) is 10.0 Å². The molecule has 126 valence electrons. The highest BCUT2D eigenvalue weighted by Crippen LogP contribution is 2.35. The largest absolute Gasteiger partial charge is 0.496 e. The van der Waals surface area contributed by atoms with Crippen LogP contribution >= 0.6 is 32.4 Å². The summed E-state index contributed by atoms with van der Waals surface area (Å²) in [6.07, 6.45) is 7.07. The van der Waals surface area contributed by atoms with E-state index in [1.54, 1.807) is 13.2 Å². The molecule has 0 saturated heterocycles. The Labute approximate surface area is 156 Å². The third kappa shape index (κ3) is 4.63. The molecule has 0 N–H and O–H groups in total. The Hall–Kier alpha value is -1.27. The van der Waals surface area contributed by atoms with Gasteiger partial charge >= 0.3 is 0 Å². The molecule has 0 spiro atoms. The van der Waals surface area contributed by atoms with E-state index in [1.165, 1.54) is 10.9 Å². The molecule has 4 heteroatoms. The number of rotatable bonds is 5. The maximum absolute atomic E-state index is 6.42. The molecule has 24 heavy (non-hydrogen) atoms. The first-order valence-corrected chi connectivity index (χ1v) is 8.98. The highest BCUT2D eigenvalue weighted by molar-refractivity contribution is 7.27. The smallest absolute Gasteiger partial charge is 0.124 e. The van der Waals surface area contributed by atoms with Crippen molar-refractivity contribution >= 4 is 43.8 Å². The van der Waals surface area contributed by atoms with Gasteiger partial charge in [-0.25, -0.2) is 0 Å². The molecule has 2 aromatic carbocycles. The van der Waals surface area contributed by atoms with Crippen molar-refractivity contribution in [3.8, 4) is 5.75 Å². The standard InChI is InChI=1S/C20H21Cl2OP/c1-13(8-10-15-6-4-5-7-19(15)24)9-11-16-17(21)12-18(23-3)14(2)20(16)22/h4-9,11-12H,10,24H2,1-3H3. The lowest BCUT2D eigenvalue weighted by Gasteiger charge is -2.11. The van der Waals surface area contributed by atoms with Crippen molar-refractivity contribution in [3.05, 3.63) is 74.8 Å². The Morgan fingerprint density at radius 1 is 1.25 bits per heavy atom. The number of ether oxygens (including phenoxy) is 1. The van der Waals surface area contributed by atoms with Crippen LogP contribution in [0.3, 0.4) is 0 Å². The van der Waals surface area contributed by atoms with Crippen molar-refractivity contribution in [2.45, 2.75) is 20.3 Å². The highest BCUT2D eigenvalue weighted by atomic mass is 35.5. The summed E-state index contributed by atoms with van der Waals surface area (Å²) >= 11 is 12.7. The van der Waals surface area contributed by atoms with E-state index in [1.807, 2.05) is 25.1 Å². The second-order valence-electron chi connectivity index (χ2n) is 5.60. The van der Waals surface area contributed by atoms with Crippen molar-refractivity contribution in [2.75, 3.05) is 7.11 Å². The van der Waals surface area contributed by atoms with Crippen molar-refractivity contribution in [2.24, 2.45) is 0 Å². The van der Waals surface area contributed by atoms with Gasteiger partial charge in [-0.1, -0.05) is 71.3 Å². The van der Waals surface area contributed by atoms with E-state index in [4.69, 9.17) is 27.9 Å². The minimum Gasteiger partial charge on any atom is -0.496 e. The SMILES string of the molecule is COc1cc(Cl)c(C=CC(C)=CCc2ccccc2P)c(Cl)c1C. The van der Waals surface area contributed by atoms with E-state index in [0.717, 1.165) is 23.1 Å². The molecule has 0 bridgehead atoms. The van der Waals surface area contributed by atoms with Gasteiger partial charge in [-0.2, -0.15) is 0 Å². The Morgan fingerprint density at radius 2 is 1.96 bits per heavy atom. The molecule has 1 unspecified atom stereocenters. The number of halogens is 2. The number of hydrogen-bond donors (Lipinski definition) is 0. The molecule has 2 rings (SSSR count). The Kier molecular flexibility index (Phi) is 6.92. The Bertz CT molecular complexity index is 794. The molecule has 0 aliphatic carbocycles. The van der Waals surface area contributed by atoms with Gasteiger partial charge in [-0.05, 0) is 37.2 Å². The summed E-state index contributed by atoms with van der Waals surface area (Å²) in [5.41, 5.74) is 4.16. The van der Waals surface area contributed by atoms with Crippen LogP contribution in [0.4, 0.5) is 0 Å². The highest BCUT2D eigenvalue weighted by Gasteiger charge is 2.11. The topological polar surface area (TPSA) is 9.23 Å². The molecular formula is C20H21Cl2OP. The van der Waals surface area contributed by atoms with Gasteiger partial charge in [-0.3, -0.25) is 0 Å². The molecule has 0 saturated carbocycles. The molecule has 1 nitrogen and oxygen atoms in total. The van der Waals surface area contributed by atoms with E-state index < -0.39 is 0 Å². The van der Waals surface area contributed by atoms with Gasteiger partial charge in [0.2, 0.25) is 0 Å². The van der Waals surface area contributed by atoms with E-state index >= 15 is 0 Å². The minimum atomic E-state index is 0.585. The predicted molar refractivity (Wildman–Crippen MR) is 110 cm³/mol. The third-order valence-electron chi connectivity index (χ3n) is 3.88. The summed E-state index contributed by atoms with van der Waals surface area (Å²) in [7, 11) is 4.38. The van der Waals surface area contributed by atoms with Crippen LogP contribution in [0, 0.1) is 6.92 Å². The zero-order chi connectivity index (χ0) is 17.7. The molecular weight excluding hydrogens is 358 g/mol. The fourth-order valence-electron chi connectivity index (χ4n) is 2.35. The van der Waals surface area contributed by atoms with Crippen LogP contribution in [0.15, 0.2) is 48.1 Å². The van der Waals surface area contributed by atoms with Crippen LogP contribution in [0.1, 0.15) is 23.6 Å². The van der Waals surface area contributed by atoms with Crippen LogP contribution < -0.4 is 10.0 Å². The van der Waals surface area contributed by atoms with E-state index in [9.17, 15) is 0 Å². The predicted octanol–water partition coefficient (Wildman–Crippen LogP) is 6.01. The van der Waals surface area contributed by atoms with Gasteiger partial charge in [-0.15, -0.1) is 9.24 Å². The molecule has 1 atom stereocenters. The molecule has 0 radical (unpaired) electrons. The first kappa shape index (κ1) is 19.1. The van der Waals surface area contributed by atoms with Gasteiger partial charge < -0.3 is 4.74 Å².